The lowest BCUT2D eigenvalue weighted by Crippen LogP contribution is -2.46. The van der Waals surface area contributed by atoms with Gasteiger partial charge in [0.2, 0.25) is 5.91 Å². The average molecular weight is 232 g/mol. The van der Waals surface area contributed by atoms with Crippen LogP contribution in [0.4, 0.5) is 0 Å². The van der Waals surface area contributed by atoms with Crippen LogP contribution in [0.2, 0.25) is 0 Å². The quantitative estimate of drug-likeness (QED) is 0.807. The van der Waals surface area contributed by atoms with Gasteiger partial charge in [-0.25, -0.2) is 0 Å². The summed E-state index contributed by atoms with van der Waals surface area (Å²) >= 11 is 0. The molecule has 1 aromatic rings. The molecule has 0 aromatic heterocycles. The number of hydrogen-bond donors (Lipinski definition) is 2. The molecule has 1 amide bonds. The monoisotopic (exact) mass is 232 g/mol. The summed E-state index contributed by atoms with van der Waals surface area (Å²) in [5, 5.41) is 3.00. The maximum Gasteiger partial charge on any atom is 0.237 e. The third-order valence-electron chi connectivity index (χ3n) is 3.33. The van der Waals surface area contributed by atoms with Gasteiger partial charge in [-0.3, -0.25) is 4.79 Å². The fraction of sp³-hybridized carbons (Fsp3) is 0.500. The van der Waals surface area contributed by atoms with Gasteiger partial charge in [-0.1, -0.05) is 30.3 Å². The molecule has 0 bridgehead atoms. The topological polar surface area (TPSA) is 55.1 Å². The van der Waals surface area contributed by atoms with E-state index in [0.29, 0.717) is 12.3 Å². The molecule has 92 valence electrons. The molecule has 1 fully saturated rings. The van der Waals surface area contributed by atoms with Gasteiger partial charge in [0.1, 0.15) is 0 Å². The molecule has 0 saturated heterocycles. The van der Waals surface area contributed by atoms with E-state index in [4.69, 9.17) is 5.73 Å². The second-order valence-corrected chi connectivity index (χ2v) is 4.93. The predicted octanol–water partition coefficient (Wildman–Crippen LogP) is 1.47. The molecule has 1 aromatic carbocycles. The van der Waals surface area contributed by atoms with Gasteiger partial charge in [0, 0.05) is 6.04 Å². The van der Waals surface area contributed by atoms with Crippen LogP contribution in [0.25, 0.3) is 0 Å². The molecule has 3 nitrogen and oxygen atoms in total. The SMILES string of the molecule is CC(NC(=O)[C@@H](N)Cc1ccccc1)C1CC1. The maximum absolute atomic E-state index is 11.9. The molecule has 1 saturated carbocycles. The Kier molecular flexibility index (Phi) is 3.79. The fourth-order valence-corrected chi connectivity index (χ4v) is 2.01. The second kappa shape index (κ2) is 5.32. The maximum atomic E-state index is 11.9. The molecular weight excluding hydrogens is 212 g/mol. The molecule has 17 heavy (non-hydrogen) atoms. The van der Waals surface area contributed by atoms with Gasteiger partial charge < -0.3 is 11.1 Å². The van der Waals surface area contributed by atoms with Crippen molar-refractivity contribution in [2.75, 3.05) is 0 Å². The number of carbonyl (C=O) groups is 1. The van der Waals surface area contributed by atoms with Crippen molar-refractivity contribution >= 4 is 5.91 Å². The van der Waals surface area contributed by atoms with Crippen LogP contribution >= 0.6 is 0 Å². The molecule has 1 aliphatic rings. The molecule has 0 heterocycles. The number of amides is 1. The number of rotatable bonds is 5. The first-order chi connectivity index (χ1) is 8.16. The number of hydrogen-bond acceptors (Lipinski definition) is 2. The first-order valence-corrected chi connectivity index (χ1v) is 6.26. The highest BCUT2D eigenvalue weighted by Gasteiger charge is 2.29. The lowest BCUT2D eigenvalue weighted by Gasteiger charge is -2.17. The van der Waals surface area contributed by atoms with E-state index in [2.05, 4.69) is 12.2 Å². The molecule has 3 heteroatoms. The highest BCUT2D eigenvalue weighted by molar-refractivity contribution is 5.82. The van der Waals surface area contributed by atoms with Crippen molar-refractivity contribution in [2.24, 2.45) is 11.7 Å². The van der Waals surface area contributed by atoms with Crippen molar-refractivity contribution in [3.63, 3.8) is 0 Å². The zero-order valence-electron chi connectivity index (χ0n) is 10.2. The van der Waals surface area contributed by atoms with E-state index in [1.807, 2.05) is 30.3 Å². The van der Waals surface area contributed by atoms with Crippen LogP contribution in [-0.2, 0) is 11.2 Å². The Hall–Kier alpha value is -1.35. The standard InChI is InChI=1S/C14H20N2O/c1-10(12-7-8-12)16-14(17)13(15)9-11-5-3-2-4-6-11/h2-6,10,12-13H,7-9,15H2,1H3,(H,16,17)/t10?,13-/m0/s1. The molecule has 1 unspecified atom stereocenters. The minimum atomic E-state index is -0.446. The molecule has 0 radical (unpaired) electrons. The van der Waals surface area contributed by atoms with Crippen molar-refractivity contribution in [2.45, 2.75) is 38.3 Å². The van der Waals surface area contributed by atoms with E-state index in [0.717, 1.165) is 5.56 Å². The largest absolute Gasteiger partial charge is 0.352 e. The van der Waals surface area contributed by atoms with Gasteiger partial charge in [-0.15, -0.1) is 0 Å². The number of benzene rings is 1. The van der Waals surface area contributed by atoms with Crippen LogP contribution < -0.4 is 11.1 Å². The molecular formula is C14H20N2O. The summed E-state index contributed by atoms with van der Waals surface area (Å²) in [6.07, 6.45) is 3.06. The van der Waals surface area contributed by atoms with E-state index >= 15 is 0 Å². The first kappa shape index (κ1) is 12.1. The zero-order chi connectivity index (χ0) is 12.3. The Morgan fingerprint density at radius 2 is 2.06 bits per heavy atom. The van der Waals surface area contributed by atoms with Crippen LogP contribution in [0.15, 0.2) is 30.3 Å². The van der Waals surface area contributed by atoms with Crippen LogP contribution in [-0.4, -0.2) is 18.0 Å². The van der Waals surface area contributed by atoms with Crippen molar-refractivity contribution in [3.8, 4) is 0 Å². The first-order valence-electron chi connectivity index (χ1n) is 6.26. The zero-order valence-corrected chi connectivity index (χ0v) is 10.2. The lowest BCUT2D eigenvalue weighted by atomic mass is 10.1. The molecule has 0 spiro atoms. The number of carbonyl (C=O) groups excluding carboxylic acids is 1. The van der Waals surface area contributed by atoms with Crippen molar-refractivity contribution in [1.82, 2.24) is 5.32 Å². The minimum Gasteiger partial charge on any atom is -0.352 e. The summed E-state index contributed by atoms with van der Waals surface area (Å²) in [5.74, 6) is 0.635. The third kappa shape index (κ3) is 3.56. The summed E-state index contributed by atoms with van der Waals surface area (Å²) in [5.41, 5.74) is 7.01. The smallest absolute Gasteiger partial charge is 0.237 e. The second-order valence-electron chi connectivity index (χ2n) is 4.93. The van der Waals surface area contributed by atoms with Crippen LogP contribution in [0.1, 0.15) is 25.3 Å². The van der Waals surface area contributed by atoms with Crippen molar-refractivity contribution in [1.29, 1.82) is 0 Å². The van der Waals surface area contributed by atoms with Crippen LogP contribution in [0, 0.1) is 5.92 Å². The average Bonchev–Trinajstić information content (AvgIpc) is 3.14. The number of nitrogens with one attached hydrogen (secondary N) is 1. The molecule has 0 aliphatic heterocycles. The lowest BCUT2D eigenvalue weighted by molar-refractivity contribution is -0.123. The van der Waals surface area contributed by atoms with E-state index in [-0.39, 0.29) is 11.9 Å². The Morgan fingerprint density at radius 3 is 2.65 bits per heavy atom. The summed E-state index contributed by atoms with van der Waals surface area (Å²) in [6, 6.07) is 9.71. The summed E-state index contributed by atoms with van der Waals surface area (Å²) in [4.78, 5) is 11.9. The Bertz CT molecular complexity index is 373. The summed E-state index contributed by atoms with van der Waals surface area (Å²) in [7, 11) is 0. The summed E-state index contributed by atoms with van der Waals surface area (Å²) in [6.45, 7) is 2.06. The van der Waals surface area contributed by atoms with Gasteiger partial charge in [0.25, 0.3) is 0 Å². The van der Waals surface area contributed by atoms with Crippen LogP contribution in [0.5, 0.6) is 0 Å². The fourth-order valence-electron chi connectivity index (χ4n) is 2.01. The van der Waals surface area contributed by atoms with Crippen molar-refractivity contribution < 1.29 is 4.79 Å². The molecule has 2 rings (SSSR count). The van der Waals surface area contributed by atoms with Gasteiger partial charge in [0.05, 0.1) is 6.04 Å². The highest BCUT2D eigenvalue weighted by atomic mass is 16.2. The van der Waals surface area contributed by atoms with Crippen molar-refractivity contribution in [3.05, 3.63) is 35.9 Å². The van der Waals surface area contributed by atoms with E-state index in [1.165, 1.54) is 12.8 Å². The molecule has 3 N–H and O–H groups in total. The predicted molar refractivity (Wildman–Crippen MR) is 68.5 cm³/mol. The Labute approximate surface area is 102 Å². The van der Waals surface area contributed by atoms with E-state index in [1.54, 1.807) is 0 Å². The normalized spacial score (nSPS) is 18.5. The van der Waals surface area contributed by atoms with Gasteiger partial charge in [0.15, 0.2) is 0 Å². The van der Waals surface area contributed by atoms with Gasteiger partial charge in [-0.2, -0.15) is 0 Å². The van der Waals surface area contributed by atoms with Gasteiger partial charge in [-0.05, 0) is 37.7 Å². The van der Waals surface area contributed by atoms with E-state index in [9.17, 15) is 4.79 Å². The molecule has 2 atom stereocenters. The van der Waals surface area contributed by atoms with Crippen LogP contribution in [0.3, 0.4) is 0 Å². The summed E-state index contributed by atoms with van der Waals surface area (Å²) < 4.78 is 0. The number of nitrogens with two attached hydrogens (primary N) is 1. The highest BCUT2D eigenvalue weighted by Crippen LogP contribution is 2.32. The van der Waals surface area contributed by atoms with E-state index < -0.39 is 6.04 Å². The minimum absolute atomic E-state index is 0.0340. The molecule has 1 aliphatic carbocycles. The third-order valence-corrected chi connectivity index (χ3v) is 3.33. The van der Waals surface area contributed by atoms with Gasteiger partial charge >= 0.3 is 0 Å². The Morgan fingerprint density at radius 1 is 1.41 bits per heavy atom. The Balaban J connectivity index is 1.82.